The van der Waals surface area contributed by atoms with Crippen molar-refractivity contribution < 1.29 is 9.66 Å². The van der Waals surface area contributed by atoms with Crippen LogP contribution in [0.15, 0.2) is 30.5 Å². The van der Waals surface area contributed by atoms with Crippen LogP contribution in [0.4, 0.5) is 11.4 Å². The number of rotatable bonds is 4. The first-order chi connectivity index (χ1) is 10.2. The largest absolute Gasteiger partial charge is 0.378 e. The molecule has 1 saturated heterocycles. The van der Waals surface area contributed by atoms with Crippen LogP contribution in [0.3, 0.4) is 0 Å². The Kier molecular flexibility index (Phi) is 3.68. The fourth-order valence-electron chi connectivity index (χ4n) is 2.68. The Morgan fingerprint density at radius 2 is 2.29 bits per heavy atom. The van der Waals surface area contributed by atoms with E-state index in [4.69, 9.17) is 4.74 Å². The molecule has 3 rings (SSSR count). The number of nitrogens with one attached hydrogen (secondary N) is 2. The van der Waals surface area contributed by atoms with Gasteiger partial charge in [0.25, 0.3) is 5.69 Å². The van der Waals surface area contributed by atoms with Gasteiger partial charge < -0.3 is 15.4 Å². The van der Waals surface area contributed by atoms with Gasteiger partial charge in [0.15, 0.2) is 0 Å². The van der Waals surface area contributed by atoms with Gasteiger partial charge in [-0.05, 0) is 6.07 Å². The smallest absolute Gasteiger partial charge is 0.295 e. The van der Waals surface area contributed by atoms with Crippen molar-refractivity contribution in [1.29, 1.82) is 0 Å². The van der Waals surface area contributed by atoms with Crippen LogP contribution in [0.2, 0.25) is 0 Å². The summed E-state index contributed by atoms with van der Waals surface area (Å²) in [5.74, 6) is 0. The highest BCUT2D eigenvalue weighted by Crippen LogP contribution is 2.29. The molecule has 21 heavy (non-hydrogen) atoms. The number of methoxy groups -OCH3 is 1. The first-order valence-corrected chi connectivity index (χ1v) is 6.73. The monoisotopic (exact) mass is 288 g/mol. The number of non-ortho nitro benzene ring substituents is 1. The van der Waals surface area contributed by atoms with Crippen molar-refractivity contribution in [1.82, 2.24) is 10.3 Å². The third-order valence-electron chi connectivity index (χ3n) is 3.75. The summed E-state index contributed by atoms with van der Waals surface area (Å²) in [4.78, 5) is 14.8. The van der Waals surface area contributed by atoms with E-state index >= 15 is 0 Å². The lowest BCUT2D eigenvalue weighted by Gasteiger charge is -2.20. The highest BCUT2D eigenvalue weighted by molar-refractivity contribution is 5.96. The van der Waals surface area contributed by atoms with E-state index in [9.17, 15) is 10.1 Å². The number of para-hydroxylation sites is 1. The van der Waals surface area contributed by atoms with Gasteiger partial charge in [0.2, 0.25) is 0 Å². The molecule has 7 heteroatoms. The van der Waals surface area contributed by atoms with E-state index in [0.29, 0.717) is 5.52 Å². The fourth-order valence-corrected chi connectivity index (χ4v) is 2.68. The number of hydrogen-bond donors (Lipinski definition) is 2. The number of nitrogens with zero attached hydrogens (tertiary/aromatic N) is 2. The fraction of sp³-hybridized carbons (Fsp3) is 0.357. The Balaban J connectivity index is 1.99. The maximum absolute atomic E-state index is 11.1. The number of aromatic nitrogens is 1. The molecule has 1 fully saturated rings. The molecule has 0 saturated carbocycles. The van der Waals surface area contributed by atoms with Gasteiger partial charge in [-0.1, -0.05) is 12.1 Å². The van der Waals surface area contributed by atoms with Gasteiger partial charge >= 0.3 is 0 Å². The number of ether oxygens (including phenoxy) is 1. The number of fused-ring (bicyclic) bond motifs is 1. The zero-order chi connectivity index (χ0) is 14.8. The van der Waals surface area contributed by atoms with Crippen molar-refractivity contribution in [3.05, 3.63) is 40.6 Å². The molecular weight excluding hydrogens is 272 g/mol. The van der Waals surface area contributed by atoms with Crippen LogP contribution in [-0.2, 0) is 4.74 Å². The van der Waals surface area contributed by atoms with Crippen molar-refractivity contribution in [2.45, 2.75) is 12.1 Å². The molecule has 2 atom stereocenters. The Hall–Kier alpha value is -2.25. The molecule has 1 aliphatic heterocycles. The third-order valence-corrected chi connectivity index (χ3v) is 3.75. The van der Waals surface area contributed by atoms with Gasteiger partial charge in [-0.15, -0.1) is 0 Å². The summed E-state index contributed by atoms with van der Waals surface area (Å²) in [6.45, 7) is 1.58. The van der Waals surface area contributed by atoms with Gasteiger partial charge in [-0.25, -0.2) is 4.98 Å². The summed E-state index contributed by atoms with van der Waals surface area (Å²) >= 11 is 0. The van der Waals surface area contributed by atoms with Gasteiger partial charge in [-0.2, -0.15) is 0 Å². The Labute approximate surface area is 121 Å². The maximum Gasteiger partial charge on any atom is 0.295 e. The molecule has 1 aliphatic rings. The zero-order valence-corrected chi connectivity index (χ0v) is 11.6. The van der Waals surface area contributed by atoms with Crippen LogP contribution in [-0.4, -0.2) is 42.3 Å². The number of nitro groups is 1. The summed E-state index contributed by atoms with van der Waals surface area (Å²) in [5.41, 5.74) is 1.25. The molecule has 1 unspecified atom stereocenters. The molecule has 0 radical (unpaired) electrons. The van der Waals surface area contributed by atoms with E-state index in [2.05, 4.69) is 15.6 Å². The Morgan fingerprint density at radius 3 is 3.05 bits per heavy atom. The predicted molar refractivity (Wildman–Crippen MR) is 79.5 cm³/mol. The zero-order valence-electron chi connectivity index (χ0n) is 11.6. The molecule has 2 N–H and O–H groups in total. The van der Waals surface area contributed by atoms with Gasteiger partial charge in [0.1, 0.15) is 5.52 Å². The molecule has 1 aromatic carbocycles. The average molecular weight is 288 g/mol. The minimum atomic E-state index is -0.409. The second-order valence-electron chi connectivity index (χ2n) is 4.97. The summed E-state index contributed by atoms with van der Waals surface area (Å²) in [5, 5.41) is 18.5. The van der Waals surface area contributed by atoms with Crippen LogP contribution < -0.4 is 10.6 Å². The Bertz CT molecular complexity index is 676. The first kappa shape index (κ1) is 13.7. The van der Waals surface area contributed by atoms with E-state index in [1.165, 1.54) is 6.07 Å². The van der Waals surface area contributed by atoms with Crippen molar-refractivity contribution in [3.8, 4) is 0 Å². The molecule has 7 nitrogen and oxygen atoms in total. The number of benzene rings is 1. The standard InChI is InChI=1S/C14H16N4O3/c1-21-13-8-15-7-11(13)17-10-5-6-16-14-9(10)3-2-4-12(14)18(19)20/h2-6,11,13,15H,7-8H2,1H3,(H,16,17)/t11?,13-/m0/s1. The Morgan fingerprint density at radius 1 is 1.43 bits per heavy atom. The minimum Gasteiger partial charge on any atom is -0.378 e. The molecule has 2 aromatic rings. The molecule has 0 spiro atoms. The quantitative estimate of drug-likeness (QED) is 0.655. The van der Waals surface area contributed by atoms with Crippen molar-refractivity contribution in [2.75, 3.05) is 25.5 Å². The van der Waals surface area contributed by atoms with Gasteiger partial charge in [0, 0.05) is 43.5 Å². The van der Waals surface area contributed by atoms with Crippen LogP contribution >= 0.6 is 0 Å². The van der Waals surface area contributed by atoms with E-state index in [1.807, 2.05) is 12.1 Å². The van der Waals surface area contributed by atoms with E-state index in [1.54, 1.807) is 19.4 Å². The topological polar surface area (TPSA) is 89.3 Å². The van der Waals surface area contributed by atoms with Crippen molar-refractivity contribution in [3.63, 3.8) is 0 Å². The van der Waals surface area contributed by atoms with E-state index < -0.39 is 4.92 Å². The minimum absolute atomic E-state index is 0.0176. The van der Waals surface area contributed by atoms with Crippen LogP contribution in [0, 0.1) is 10.1 Å². The third kappa shape index (κ3) is 2.53. The van der Waals surface area contributed by atoms with Gasteiger partial charge in [-0.3, -0.25) is 10.1 Å². The lowest BCUT2D eigenvalue weighted by atomic mass is 10.1. The molecule has 0 amide bonds. The SMILES string of the molecule is CO[C@H]1CNCC1Nc1ccnc2c([N+](=O)[O-])cccc12. The van der Waals surface area contributed by atoms with E-state index in [-0.39, 0.29) is 17.8 Å². The number of nitro benzene ring substituents is 1. The van der Waals surface area contributed by atoms with Crippen LogP contribution in [0.25, 0.3) is 10.9 Å². The van der Waals surface area contributed by atoms with Crippen LogP contribution in [0.1, 0.15) is 0 Å². The van der Waals surface area contributed by atoms with Crippen molar-refractivity contribution in [2.24, 2.45) is 0 Å². The van der Waals surface area contributed by atoms with Crippen LogP contribution in [0.5, 0.6) is 0 Å². The van der Waals surface area contributed by atoms with E-state index in [0.717, 1.165) is 24.2 Å². The highest BCUT2D eigenvalue weighted by atomic mass is 16.6. The average Bonchev–Trinajstić information content (AvgIpc) is 2.94. The second-order valence-corrected chi connectivity index (χ2v) is 4.97. The summed E-state index contributed by atoms with van der Waals surface area (Å²) in [7, 11) is 1.68. The number of anilines is 1. The summed E-state index contributed by atoms with van der Waals surface area (Å²) in [6.07, 6.45) is 1.66. The number of hydrogen-bond acceptors (Lipinski definition) is 6. The highest BCUT2D eigenvalue weighted by Gasteiger charge is 2.27. The lowest BCUT2D eigenvalue weighted by Crippen LogP contribution is -2.33. The number of pyridine rings is 1. The molecule has 2 heterocycles. The first-order valence-electron chi connectivity index (χ1n) is 6.73. The maximum atomic E-state index is 11.1. The summed E-state index contributed by atoms with van der Waals surface area (Å²) in [6, 6.07) is 6.93. The molecule has 110 valence electrons. The normalized spacial score (nSPS) is 21.6. The van der Waals surface area contributed by atoms with Crippen molar-refractivity contribution >= 4 is 22.3 Å². The molecular formula is C14H16N4O3. The molecule has 1 aromatic heterocycles. The predicted octanol–water partition coefficient (Wildman–Crippen LogP) is 1.54. The lowest BCUT2D eigenvalue weighted by molar-refractivity contribution is -0.383. The summed E-state index contributed by atoms with van der Waals surface area (Å²) < 4.78 is 5.42. The second kappa shape index (κ2) is 5.63. The molecule has 0 aliphatic carbocycles. The molecule has 0 bridgehead atoms. The van der Waals surface area contributed by atoms with Gasteiger partial charge in [0.05, 0.1) is 17.1 Å².